The molecule has 4 amide bonds. The van der Waals surface area contributed by atoms with Gasteiger partial charge in [0.1, 0.15) is 11.9 Å². The summed E-state index contributed by atoms with van der Waals surface area (Å²) in [5, 5.41) is 7.40. The number of hydrogen-bond donors (Lipinski definition) is 4. The molecule has 1 fully saturated rings. The van der Waals surface area contributed by atoms with E-state index in [4.69, 9.17) is 0 Å². The third-order valence-electron chi connectivity index (χ3n) is 3.96. The van der Waals surface area contributed by atoms with Gasteiger partial charge in [-0.1, -0.05) is 12.1 Å². The van der Waals surface area contributed by atoms with Crippen LogP contribution in [-0.4, -0.2) is 40.4 Å². The van der Waals surface area contributed by atoms with Crippen LogP contribution in [0.3, 0.4) is 0 Å². The Kier molecular flexibility index (Phi) is 4.45. The lowest BCUT2D eigenvalue weighted by molar-refractivity contribution is -0.123. The fourth-order valence-electron chi connectivity index (χ4n) is 2.70. The van der Waals surface area contributed by atoms with Crippen molar-refractivity contribution in [3.05, 3.63) is 29.6 Å². The standard InChI is InChI=1S/C16H19N5O3/c1-9-3-2-4-10-14(9)20-12(18-10)7-8-17-15(23)11-5-6-13(22)21-16(24)19-11/h2-4,11H,5-8H2,1H3,(H,17,23)(H,18,20)(H2,19,21,22,24)/t11-/m1/s1. The number of imidazole rings is 1. The van der Waals surface area contributed by atoms with Crippen LogP contribution in [0.4, 0.5) is 4.79 Å². The Labute approximate surface area is 138 Å². The lowest BCUT2D eigenvalue weighted by Crippen LogP contribution is -2.48. The SMILES string of the molecule is Cc1cccc2[nH]c(CCNC(=O)[C@H]3CCC(=O)NC(=O)N3)nc12. The van der Waals surface area contributed by atoms with Crippen molar-refractivity contribution in [1.82, 2.24) is 25.9 Å². The van der Waals surface area contributed by atoms with Gasteiger partial charge < -0.3 is 15.6 Å². The number of aryl methyl sites for hydroxylation is 1. The number of aromatic amines is 1. The summed E-state index contributed by atoms with van der Waals surface area (Å²) in [6.07, 6.45) is 0.977. The zero-order valence-electron chi connectivity index (χ0n) is 13.3. The molecule has 0 spiro atoms. The summed E-state index contributed by atoms with van der Waals surface area (Å²) in [4.78, 5) is 42.5. The van der Waals surface area contributed by atoms with E-state index in [0.29, 0.717) is 13.0 Å². The van der Waals surface area contributed by atoms with Crippen LogP contribution in [0, 0.1) is 6.92 Å². The molecule has 1 aromatic heterocycles. The van der Waals surface area contributed by atoms with Gasteiger partial charge in [0.2, 0.25) is 11.8 Å². The number of hydrogen-bond acceptors (Lipinski definition) is 4. The van der Waals surface area contributed by atoms with E-state index in [2.05, 4.69) is 25.9 Å². The van der Waals surface area contributed by atoms with Crippen LogP contribution in [-0.2, 0) is 16.0 Å². The Morgan fingerprint density at radius 1 is 1.38 bits per heavy atom. The lowest BCUT2D eigenvalue weighted by Gasteiger charge is -2.14. The number of nitrogens with one attached hydrogen (secondary N) is 4. The normalized spacial score (nSPS) is 18.0. The number of imide groups is 1. The summed E-state index contributed by atoms with van der Waals surface area (Å²) in [5.74, 6) is 0.119. The van der Waals surface area contributed by atoms with E-state index in [1.165, 1.54) is 0 Å². The summed E-state index contributed by atoms with van der Waals surface area (Å²) in [6.45, 7) is 2.39. The molecule has 0 aliphatic carbocycles. The first-order valence-corrected chi connectivity index (χ1v) is 7.85. The number of amides is 4. The molecule has 1 atom stereocenters. The highest BCUT2D eigenvalue weighted by atomic mass is 16.2. The van der Waals surface area contributed by atoms with Crippen LogP contribution in [0.2, 0.25) is 0 Å². The molecule has 4 N–H and O–H groups in total. The Balaban J connectivity index is 1.55. The van der Waals surface area contributed by atoms with Gasteiger partial charge in [0.25, 0.3) is 0 Å². The first-order chi connectivity index (χ1) is 11.5. The van der Waals surface area contributed by atoms with Crippen LogP contribution in [0.5, 0.6) is 0 Å². The molecule has 0 unspecified atom stereocenters. The minimum absolute atomic E-state index is 0.139. The number of rotatable bonds is 4. The van der Waals surface area contributed by atoms with Crippen molar-refractivity contribution in [3.8, 4) is 0 Å². The van der Waals surface area contributed by atoms with Gasteiger partial charge >= 0.3 is 6.03 Å². The number of fused-ring (bicyclic) bond motifs is 1. The van der Waals surface area contributed by atoms with Crippen molar-refractivity contribution in [3.63, 3.8) is 0 Å². The molecule has 126 valence electrons. The number of H-pyrrole nitrogens is 1. The van der Waals surface area contributed by atoms with Gasteiger partial charge in [0.05, 0.1) is 11.0 Å². The molecule has 2 aromatic rings. The number of carbonyl (C=O) groups excluding carboxylic acids is 3. The molecule has 8 nitrogen and oxygen atoms in total. The van der Waals surface area contributed by atoms with Gasteiger partial charge in [-0.25, -0.2) is 9.78 Å². The molecule has 3 rings (SSSR count). The topological polar surface area (TPSA) is 116 Å². The molecule has 0 bridgehead atoms. The first-order valence-electron chi connectivity index (χ1n) is 7.85. The molecule has 1 aliphatic rings. The summed E-state index contributed by atoms with van der Waals surface area (Å²) in [6, 6.07) is 4.59. The molecule has 2 heterocycles. The zero-order chi connectivity index (χ0) is 17.1. The molecular weight excluding hydrogens is 310 g/mol. The van der Waals surface area contributed by atoms with Crippen molar-refractivity contribution >= 4 is 28.9 Å². The highest BCUT2D eigenvalue weighted by molar-refractivity contribution is 5.98. The van der Waals surface area contributed by atoms with Crippen molar-refractivity contribution in [2.45, 2.75) is 32.2 Å². The van der Waals surface area contributed by atoms with Gasteiger partial charge in [-0.15, -0.1) is 0 Å². The van der Waals surface area contributed by atoms with E-state index in [-0.39, 0.29) is 24.7 Å². The van der Waals surface area contributed by atoms with E-state index < -0.39 is 12.1 Å². The molecule has 0 saturated carbocycles. The summed E-state index contributed by atoms with van der Waals surface area (Å²) < 4.78 is 0. The molecule has 1 saturated heterocycles. The minimum Gasteiger partial charge on any atom is -0.354 e. The second kappa shape index (κ2) is 6.69. The molecule has 24 heavy (non-hydrogen) atoms. The third-order valence-corrected chi connectivity index (χ3v) is 3.96. The fraction of sp³-hybridized carbons (Fsp3) is 0.375. The Bertz CT molecular complexity index is 798. The third kappa shape index (κ3) is 3.53. The first kappa shape index (κ1) is 16.0. The van der Waals surface area contributed by atoms with Gasteiger partial charge in [-0.2, -0.15) is 0 Å². The quantitative estimate of drug-likeness (QED) is 0.654. The Morgan fingerprint density at radius 2 is 2.21 bits per heavy atom. The minimum atomic E-state index is -0.700. The number of benzene rings is 1. The Morgan fingerprint density at radius 3 is 3.00 bits per heavy atom. The summed E-state index contributed by atoms with van der Waals surface area (Å²) >= 11 is 0. The lowest BCUT2D eigenvalue weighted by atomic mass is 10.1. The fourth-order valence-corrected chi connectivity index (χ4v) is 2.70. The maximum Gasteiger partial charge on any atom is 0.322 e. The predicted molar refractivity (Wildman–Crippen MR) is 87.2 cm³/mol. The van der Waals surface area contributed by atoms with E-state index in [1.54, 1.807) is 0 Å². The molecule has 1 aliphatic heterocycles. The molecule has 8 heteroatoms. The summed E-state index contributed by atoms with van der Waals surface area (Å²) in [5.41, 5.74) is 2.99. The second-order valence-corrected chi connectivity index (χ2v) is 5.81. The number of nitrogens with zero attached hydrogens (tertiary/aromatic N) is 1. The van der Waals surface area contributed by atoms with Crippen molar-refractivity contribution in [1.29, 1.82) is 0 Å². The van der Waals surface area contributed by atoms with E-state index >= 15 is 0 Å². The maximum atomic E-state index is 12.1. The van der Waals surface area contributed by atoms with Crippen LogP contribution in [0.1, 0.15) is 24.2 Å². The Hall–Kier alpha value is -2.90. The number of carbonyl (C=O) groups is 3. The molecule has 1 aromatic carbocycles. The van der Waals surface area contributed by atoms with E-state index in [9.17, 15) is 14.4 Å². The zero-order valence-corrected chi connectivity index (χ0v) is 13.3. The van der Waals surface area contributed by atoms with Crippen LogP contribution >= 0.6 is 0 Å². The monoisotopic (exact) mass is 329 g/mol. The number of para-hydroxylation sites is 1. The highest BCUT2D eigenvalue weighted by Gasteiger charge is 2.25. The van der Waals surface area contributed by atoms with Gasteiger partial charge in [-0.05, 0) is 25.0 Å². The average molecular weight is 329 g/mol. The van der Waals surface area contributed by atoms with Crippen LogP contribution in [0.25, 0.3) is 11.0 Å². The number of urea groups is 1. The highest BCUT2D eigenvalue weighted by Crippen LogP contribution is 2.15. The van der Waals surface area contributed by atoms with Crippen molar-refractivity contribution in [2.75, 3.05) is 6.54 Å². The molecular formula is C16H19N5O3. The van der Waals surface area contributed by atoms with Crippen molar-refractivity contribution < 1.29 is 14.4 Å². The van der Waals surface area contributed by atoms with Gasteiger partial charge in [0, 0.05) is 19.4 Å². The van der Waals surface area contributed by atoms with Crippen molar-refractivity contribution in [2.24, 2.45) is 0 Å². The largest absolute Gasteiger partial charge is 0.354 e. The summed E-state index contributed by atoms with van der Waals surface area (Å²) in [7, 11) is 0. The number of aromatic nitrogens is 2. The predicted octanol–water partition coefficient (Wildman–Crippen LogP) is 0.518. The second-order valence-electron chi connectivity index (χ2n) is 5.81. The molecule has 0 radical (unpaired) electrons. The smallest absolute Gasteiger partial charge is 0.322 e. The van der Waals surface area contributed by atoms with Gasteiger partial charge in [0.15, 0.2) is 0 Å². The average Bonchev–Trinajstić information content (AvgIpc) is 2.87. The van der Waals surface area contributed by atoms with Gasteiger partial charge in [-0.3, -0.25) is 14.9 Å². The van der Waals surface area contributed by atoms with Crippen LogP contribution < -0.4 is 16.0 Å². The van der Waals surface area contributed by atoms with Crippen LogP contribution in [0.15, 0.2) is 18.2 Å². The van der Waals surface area contributed by atoms with E-state index in [1.807, 2.05) is 25.1 Å². The van der Waals surface area contributed by atoms with E-state index in [0.717, 1.165) is 22.4 Å². The maximum absolute atomic E-state index is 12.1.